The van der Waals surface area contributed by atoms with Crippen molar-refractivity contribution in [2.45, 2.75) is 32.1 Å². The van der Waals surface area contributed by atoms with Crippen LogP contribution >= 0.6 is 0 Å². The van der Waals surface area contributed by atoms with Crippen molar-refractivity contribution in [3.05, 3.63) is 11.8 Å². The summed E-state index contributed by atoms with van der Waals surface area (Å²) in [7, 11) is 0. The Balaban J connectivity index is 2.86. The molecule has 1 aromatic rings. The molecule has 1 rings (SSSR count). The minimum atomic E-state index is -4.74. The second-order valence-electron chi connectivity index (χ2n) is 4.05. The zero-order valence-corrected chi connectivity index (χ0v) is 11.0. The van der Waals surface area contributed by atoms with Gasteiger partial charge in [-0.25, -0.2) is 4.98 Å². The molecular formula is C11H13F6N3O. The number of ether oxygens (including phenoxy) is 1. The topological polar surface area (TPSA) is 47.0 Å². The van der Waals surface area contributed by atoms with Crippen LogP contribution in [0.25, 0.3) is 0 Å². The van der Waals surface area contributed by atoms with E-state index < -0.39 is 37.0 Å². The molecule has 21 heavy (non-hydrogen) atoms. The summed E-state index contributed by atoms with van der Waals surface area (Å²) < 4.78 is 78.4. The van der Waals surface area contributed by atoms with Gasteiger partial charge in [-0.2, -0.15) is 31.3 Å². The Morgan fingerprint density at radius 2 is 1.81 bits per heavy atom. The van der Waals surface area contributed by atoms with Crippen molar-refractivity contribution >= 4 is 5.95 Å². The van der Waals surface area contributed by atoms with Gasteiger partial charge in [-0.1, -0.05) is 6.92 Å². The van der Waals surface area contributed by atoms with Gasteiger partial charge >= 0.3 is 12.4 Å². The van der Waals surface area contributed by atoms with E-state index in [1.807, 2.05) is 0 Å². The molecule has 0 aliphatic carbocycles. The minimum Gasteiger partial charge on any atom is -0.477 e. The fourth-order valence-corrected chi connectivity index (χ4v) is 1.23. The van der Waals surface area contributed by atoms with Crippen LogP contribution in [0.15, 0.2) is 6.07 Å². The summed E-state index contributed by atoms with van der Waals surface area (Å²) in [6, 6.07) is 0.466. The number of aromatic nitrogens is 2. The van der Waals surface area contributed by atoms with Gasteiger partial charge in [0.25, 0.3) is 0 Å². The summed E-state index contributed by atoms with van der Waals surface area (Å²) in [5, 5.41) is 2.53. The lowest BCUT2D eigenvalue weighted by molar-refractivity contribution is -0.143. The van der Waals surface area contributed by atoms with E-state index in [0.29, 0.717) is 19.0 Å². The van der Waals surface area contributed by atoms with E-state index in [0.717, 1.165) is 0 Å². The second kappa shape index (κ2) is 6.81. The van der Waals surface area contributed by atoms with Crippen LogP contribution < -0.4 is 10.1 Å². The van der Waals surface area contributed by atoms with Gasteiger partial charge in [-0.15, -0.1) is 0 Å². The van der Waals surface area contributed by atoms with Crippen LogP contribution in [-0.2, 0) is 6.18 Å². The Morgan fingerprint density at radius 3 is 2.33 bits per heavy atom. The first kappa shape index (κ1) is 17.3. The first-order valence-corrected chi connectivity index (χ1v) is 6.01. The Bertz CT molecular complexity index is 460. The summed E-state index contributed by atoms with van der Waals surface area (Å²) in [5.41, 5.74) is -1.28. The monoisotopic (exact) mass is 317 g/mol. The number of hydrogen-bond acceptors (Lipinski definition) is 4. The molecule has 0 aliphatic rings. The summed E-state index contributed by atoms with van der Waals surface area (Å²) in [6.45, 7) is 1.29. The highest BCUT2D eigenvalue weighted by molar-refractivity contribution is 5.31. The molecule has 1 aromatic heterocycles. The van der Waals surface area contributed by atoms with Gasteiger partial charge in [0.2, 0.25) is 11.8 Å². The molecule has 0 fully saturated rings. The van der Waals surface area contributed by atoms with E-state index in [1.165, 1.54) is 0 Å². The fourth-order valence-electron chi connectivity index (χ4n) is 1.23. The molecule has 0 aliphatic heterocycles. The summed E-state index contributed by atoms with van der Waals surface area (Å²) in [5.74, 6) is -0.895. The molecule has 0 spiro atoms. The number of hydrogen-bond donors (Lipinski definition) is 1. The molecule has 1 N–H and O–H groups in total. The SMILES string of the molecule is CCCNc1nc(OCCC(F)(F)F)cc(C(F)(F)F)n1. The molecule has 0 saturated heterocycles. The first-order chi connectivity index (χ1) is 9.62. The van der Waals surface area contributed by atoms with E-state index in [9.17, 15) is 26.3 Å². The zero-order valence-electron chi connectivity index (χ0n) is 11.0. The average Bonchev–Trinajstić information content (AvgIpc) is 2.33. The molecule has 10 heteroatoms. The van der Waals surface area contributed by atoms with E-state index in [2.05, 4.69) is 20.0 Å². The van der Waals surface area contributed by atoms with Gasteiger partial charge in [-0.05, 0) is 6.42 Å². The van der Waals surface area contributed by atoms with Crippen molar-refractivity contribution in [1.82, 2.24) is 9.97 Å². The molecule has 0 unspecified atom stereocenters. The largest absolute Gasteiger partial charge is 0.477 e. The predicted molar refractivity (Wildman–Crippen MR) is 62.0 cm³/mol. The summed E-state index contributed by atoms with van der Waals surface area (Å²) >= 11 is 0. The van der Waals surface area contributed by atoms with Crippen LogP contribution in [0.3, 0.4) is 0 Å². The highest BCUT2D eigenvalue weighted by atomic mass is 19.4. The zero-order chi connectivity index (χ0) is 16.1. The van der Waals surface area contributed by atoms with Gasteiger partial charge in [0.05, 0.1) is 13.0 Å². The van der Waals surface area contributed by atoms with Crippen LogP contribution in [0.5, 0.6) is 5.88 Å². The molecule has 0 bridgehead atoms. The number of rotatable bonds is 6. The second-order valence-corrected chi connectivity index (χ2v) is 4.05. The average molecular weight is 317 g/mol. The molecule has 0 radical (unpaired) electrons. The third kappa shape index (κ3) is 6.50. The van der Waals surface area contributed by atoms with Crippen molar-refractivity contribution in [2.24, 2.45) is 0 Å². The first-order valence-electron chi connectivity index (χ1n) is 6.01. The van der Waals surface area contributed by atoms with Gasteiger partial charge in [0, 0.05) is 12.6 Å². The third-order valence-corrected chi connectivity index (χ3v) is 2.16. The Hall–Kier alpha value is -1.74. The maximum atomic E-state index is 12.6. The van der Waals surface area contributed by atoms with Gasteiger partial charge < -0.3 is 10.1 Å². The van der Waals surface area contributed by atoms with Gasteiger partial charge in [0.15, 0.2) is 5.69 Å². The third-order valence-electron chi connectivity index (χ3n) is 2.16. The molecule has 120 valence electrons. The van der Waals surface area contributed by atoms with Crippen molar-refractivity contribution in [3.63, 3.8) is 0 Å². The lowest BCUT2D eigenvalue weighted by atomic mass is 10.4. The lowest BCUT2D eigenvalue weighted by Gasteiger charge is -2.12. The maximum Gasteiger partial charge on any atom is 0.433 e. The van der Waals surface area contributed by atoms with Gasteiger partial charge in [-0.3, -0.25) is 0 Å². The molecule has 0 saturated carbocycles. The van der Waals surface area contributed by atoms with Crippen molar-refractivity contribution in [2.75, 3.05) is 18.5 Å². The number of alkyl halides is 6. The van der Waals surface area contributed by atoms with Crippen molar-refractivity contribution < 1.29 is 31.1 Å². The minimum absolute atomic E-state index is 0.323. The van der Waals surface area contributed by atoms with Gasteiger partial charge in [0.1, 0.15) is 0 Å². The van der Waals surface area contributed by atoms with Crippen LogP contribution in [0.2, 0.25) is 0 Å². The quantitative estimate of drug-likeness (QED) is 0.814. The van der Waals surface area contributed by atoms with Crippen LogP contribution in [0.4, 0.5) is 32.3 Å². The highest BCUT2D eigenvalue weighted by Crippen LogP contribution is 2.30. The summed E-state index contributed by atoms with van der Waals surface area (Å²) in [4.78, 5) is 6.84. The van der Waals surface area contributed by atoms with Crippen molar-refractivity contribution in [3.8, 4) is 5.88 Å². The Kier molecular flexibility index (Phi) is 5.62. The van der Waals surface area contributed by atoms with E-state index in [4.69, 9.17) is 0 Å². The van der Waals surface area contributed by atoms with Crippen molar-refractivity contribution in [1.29, 1.82) is 0 Å². The molecule has 0 amide bonds. The van der Waals surface area contributed by atoms with E-state index in [-0.39, 0.29) is 5.95 Å². The Morgan fingerprint density at radius 1 is 1.14 bits per heavy atom. The predicted octanol–water partition coefficient (Wildman–Crippen LogP) is 3.65. The fraction of sp³-hybridized carbons (Fsp3) is 0.636. The summed E-state index contributed by atoms with van der Waals surface area (Å²) in [6.07, 6.45) is -9.86. The number of nitrogens with one attached hydrogen (secondary N) is 1. The highest BCUT2D eigenvalue weighted by Gasteiger charge is 2.34. The molecule has 0 atom stereocenters. The smallest absolute Gasteiger partial charge is 0.433 e. The maximum absolute atomic E-state index is 12.6. The number of nitrogens with zero attached hydrogens (tertiary/aromatic N) is 2. The number of halogens is 6. The van der Waals surface area contributed by atoms with Crippen LogP contribution in [0, 0.1) is 0 Å². The van der Waals surface area contributed by atoms with E-state index >= 15 is 0 Å². The van der Waals surface area contributed by atoms with Crippen LogP contribution in [0.1, 0.15) is 25.5 Å². The lowest BCUT2D eigenvalue weighted by Crippen LogP contribution is -2.16. The van der Waals surface area contributed by atoms with E-state index in [1.54, 1.807) is 6.92 Å². The normalized spacial score (nSPS) is 12.3. The van der Waals surface area contributed by atoms with Crippen LogP contribution in [-0.4, -0.2) is 29.3 Å². The Labute approximate surface area is 116 Å². The molecular weight excluding hydrogens is 304 g/mol. The standard InChI is InChI=1S/C11H13F6N3O/c1-2-4-18-9-19-7(11(15,16)17)6-8(20-9)21-5-3-10(12,13)14/h6H,2-5H2,1H3,(H,18,19,20). The number of anilines is 1. The molecule has 0 aromatic carbocycles. The molecule has 4 nitrogen and oxygen atoms in total. The molecule has 1 heterocycles.